The highest BCUT2D eigenvalue weighted by molar-refractivity contribution is 6.03. The van der Waals surface area contributed by atoms with Gasteiger partial charge in [0, 0.05) is 5.56 Å². The number of rotatable bonds is 3. The first-order valence-electron chi connectivity index (χ1n) is 6.29. The molecule has 100 valence electrons. The lowest BCUT2D eigenvalue weighted by Crippen LogP contribution is -2.12. The van der Waals surface area contributed by atoms with Gasteiger partial charge in [-0.25, -0.2) is 4.39 Å². The number of carbonyl (C=O) groups is 1. The molecule has 1 atom stereocenters. The molecule has 2 nitrogen and oxygen atoms in total. The molecule has 0 radical (unpaired) electrons. The fourth-order valence-electron chi connectivity index (χ4n) is 2.25. The lowest BCUT2D eigenvalue weighted by molar-refractivity contribution is 0.0978. The Morgan fingerprint density at radius 3 is 2.35 bits per heavy atom. The van der Waals surface area contributed by atoms with E-state index in [1.54, 1.807) is 18.2 Å². The quantitative estimate of drug-likeness (QED) is 0.790. The van der Waals surface area contributed by atoms with E-state index >= 15 is 0 Å². The van der Waals surface area contributed by atoms with Crippen molar-refractivity contribution in [2.24, 2.45) is 0 Å². The van der Waals surface area contributed by atoms with E-state index in [1.165, 1.54) is 18.2 Å². The first-order chi connectivity index (χ1) is 9.51. The van der Waals surface area contributed by atoms with Crippen LogP contribution in [0.3, 0.4) is 0 Å². The van der Waals surface area contributed by atoms with Gasteiger partial charge in [0.1, 0.15) is 11.7 Å². The zero-order valence-corrected chi connectivity index (χ0v) is 11.4. The molecule has 2 aromatic rings. The molecule has 0 saturated carbocycles. The molecule has 0 aliphatic rings. The Balaban J connectivity index is 2.42. The van der Waals surface area contributed by atoms with Crippen LogP contribution in [0.1, 0.15) is 33.0 Å². The lowest BCUT2D eigenvalue weighted by Gasteiger charge is -2.10. The van der Waals surface area contributed by atoms with Crippen LogP contribution in [-0.2, 0) is 0 Å². The molecule has 0 aliphatic carbocycles. The highest BCUT2D eigenvalue weighted by Crippen LogP contribution is 2.22. The fourth-order valence-corrected chi connectivity index (χ4v) is 2.25. The Kier molecular flexibility index (Phi) is 3.95. The third kappa shape index (κ3) is 2.92. The zero-order chi connectivity index (χ0) is 14.7. The third-order valence-electron chi connectivity index (χ3n) is 3.08. The van der Waals surface area contributed by atoms with Crippen LogP contribution in [0.5, 0.6) is 0 Å². The predicted octanol–water partition coefficient (Wildman–Crippen LogP) is 3.93. The van der Waals surface area contributed by atoms with Crippen LogP contribution < -0.4 is 0 Å². The van der Waals surface area contributed by atoms with E-state index in [4.69, 9.17) is 0 Å². The van der Waals surface area contributed by atoms with Gasteiger partial charge in [-0.2, -0.15) is 5.26 Å². The molecule has 0 aliphatic heterocycles. The Hall–Kier alpha value is -2.47. The van der Waals surface area contributed by atoms with Crippen molar-refractivity contribution in [3.05, 3.63) is 70.5 Å². The number of Topliss-reactive ketones (excluding diaryl/α,β-unsaturated/α-hetero) is 1. The van der Waals surface area contributed by atoms with E-state index in [0.717, 1.165) is 11.1 Å². The first-order valence-corrected chi connectivity index (χ1v) is 6.29. The van der Waals surface area contributed by atoms with Crippen molar-refractivity contribution in [2.45, 2.75) is 19.8 Å². The van der Waals surface area contributed by atoms with Crippen molar-refractivity contribution in [1.29, 1.82) is 5.26 Å². The maximum atomic E-state index is 13.2. The number of ketones is 1. The van der Waals surface area contributed by atoms with E-state index in [1.807, 2.05) is 26.0 Å². The van der Waals surface area contributed by atoms with Crippen molar-refractivity contribution >= 4 is 5.78 Å². The molecule has 0 saturated heterocycles. The summed E-state index contributed by atoms with van der Waals surface area (Å²) in [6.07, 6.45) is 0. The molecule has 2 aromatic carbocycles. The average molecular weight is 267 g/mol. The summed E-state index contributed by atoms with van der Waals surface area (Å²) >= 11 is 0. The molecular formula is C17H14FNO. The van der Waals surface area contributed by atoms with Gasteiger partial charge in [-0.05, 0) is 43.7 Å². The van der Waals surface area contributed by atoms with E-state index < -0.39 is 11.7 Å². The highest BCUT2D eigenvalue weighted by Gasteiger charge is 2.22. The summed E-state index contributed by atoms with van der Waals surface area (Å²) in [6, 6.07) is 13.0. The Labute approximate surface area is 117 Å². The van der Waals surface area contributed by atoms with Crippen LogP contribution in [-0.4, -0.2) is 5.78 Å². The second-order valence-electron chi connectivity index (χ2n) is 4.86. The topological polar surface area (TPSA) is 40.9 Å². The molecule has 1 unspecified atom stereocenters. The molecular weight excluding hydrogens is 253 g/mol. The number of aryl methyl sites for hydroxylation is 2. The van der Waals surface area contributed by atoms with Crippen molar-refractivity contribution < 1.29 is 9.18 Å². The number of nitriles is 1. The molecule has 0 N–H and O–H groups in total. The number of benzene rings is 2. The van der Waals surface area contributed by atoms with Gasteiger partial charge in [0.2, 0.25) is 0 Å². The van der Waals surface area contributed by atoms with Crippen LogP contribution in [0.15, 0.2) is 42.5 Å². The van der Waals surface area contributed by atoms with Gasteiger partial charge in [0.05, 0.1) is 6.07 Å². The largest absolute Gasteiger partial charge is 0.292 e. The Bertz CT molecular complexity index is 680. The number of nitrogens with zero attached hydrogens (tertiary/aromatic N) is 1. The molecule has 2 rings (SSSR count). The molecule has 20 heavy (non-hydrogen) atoms. The van der Waals surface area contributed by atoms with Gasteiger partial charge in [0.25, 0.3) is 0 Å². The van der Waals surface area contributed by atoms with E-state index in [-0.39, 0.29) is 5.78 Å². The van der Waals surface area contributed by atoms with E-state index in [9.17, 15) is 14.4 Å². The summed E-state index contributed by atoms with van der Waals surface area (Å²) in [7, 11) is 0. The summed E-state index contributed by atoms with van der Waals surface area (Å²) in [6.45, 7) is 3.79. The second-order valence-corrected chi connectivity index (χ2v) is 4.86. The van der Waals surface area contributed by atoms with Crippen LogP contribution in [0, 0.1) is 31.0 Å². The molecule has 0 spiro atoms. The molecule has 0 amide bonds. The maximum absolute atomic E-state index is 13.2. The first kappa shape index (κ1) is 14.0. The lowest BCUT2D eigenvalue weighted by atomic mass is 9.90. The number of carbonyl (C=O) groups excluding carboxylic acids is 1. The molecule has 0 fully saturated rings. The van der Waals surface area contributed by atoms with E-state index in [0.29, 0.717) is 11.1 Å². The van der Waals surface area contributed by atoms with Crippen molar-refractivity contribution in [3.8, 4) is 6.07 Å². The molecule has 0 heterocycles. The standard InChI is InChI=1S/C17H14FNO/c1-11-6-12(2)8-14(7-11)17(20)16(10-19)13-4-3-5-15(18)9-13/h3-9,16H,1-2H3. The summed E-state index contributed by atoms with van der Waals surface area (Å²) in [5, 5.41) is 9.25. The number of hydrogen-bond donors (Lipinski definition) is 0. The van der Waals surface area contributed by atoms with Crippen molar-refractivity contribution in [2.75, 3.05) is 0 Å². The molecule has 3 heteroatoms. The fraction of sp³-hybridized carbons (Fsp3) is 0.176. The van der Waals surface area contributed by atoms with Gasteiger partial charge >= 0.3 is 0 Å². The number of halogens is 1. The van der Waals surface area contributed by atoms with Crippen LogP contribution >= 0.6 is 0 Å². The average Bonchev–Trinajstić information content (AvgIpc) is 2.38. The molecule has 0 bridgehead atoms. The third-order valence-corrected chi connectivity index (χ3v) is 3.08. The highest BCUT2D eigenvalue weighted by atomic mass is 19.1. The number of hydrogen-bond acceptors (Lipinski definition) is 2. The van der Waals surface area contributed by atoms with Gasteiger partial charge in [-0.3, -0.25) is 4.79 Å². The smallest absolute Gasteiger partial charge is 0.184 e. The maximum Gasteiger partial charge on any atom is 0.184 e. The summed E-state index contributed by atoms with van der Waals surface area (Å²) < 4.78 is 13.2. The molecule has 0 aromatic heterocycles. The minimum atomic E-state index is -0.980. The van der Waals surface area contributed by atoms with Gasteiger partial charge in [-0.15, -0.1) is 0 Å². The summed E-state index contributed by atoms with van der Waals surface area (Å²) in [4.78, 5) is 12.4. The van der Waals surface area contributed by atoms with Crippen molar-refractivity contribution in [1.82, 2.24) is 0 Å². The van der Waals surface area contributed by atoms with Gasteiger partial charge in [-0.1, -0.05) is 29.3 Å². The van der Waals surface area contributed by atoms with Crippen molar-refractivity contribution in [3.63, 3.8) is 0 Å². The SMILES string of the molecule is Cc1cc(C)cc(C(=O)C(C#N)c2cccc(F)c2)c1. The van der Waals surface area contributed by atoms with Gasteiger partial charge < -0.3 is 0 Å². The summed E-state index contributed by atoms with van der Waals surface area (Å²) in [5.41, 5.74) is 2.79. The van der Waals surface area contributed by atoms with Crippen LogP contribution in [0.25, 0.3) is 0 Å². The minimum Gasteiger partial charge on any atom is -0.292 e. The minimum absolute atomic E-state index is 0.301. The second kappa shape index (κ2) is 5.66. The predicted molar refractivity (Wildman–Crippen MR) is 75.0 cm³/mol. The van der Waals surface area contributed by atoms with Crippen LogP contribution in [0.4, 0.5) is 4.39 Å². The Morgan fingerprint density at radius 1 is 1.15 bits per heavy atom. The van der Waals surface area contributed by atoms with E-state index in [2.05, 4.69) is 0 Å². The normalized spacial score (nSPS) is 11.7. The van der Waals surface area contributed by atoms with Crippen LogP contribution in [0.2, 0.25) is 0 Å². The Morgan fingerprint density at radius 2 is 1.80 bits per heavy atom. The zero-order valence-electron chi connectivity index (χ0n) is 11.4. The van der Waals surface area contributed by atoms with Gasteiger partial charge in [0.15, 0.2) is 5.78 Å². The monoisotopic (exact) mass is 267 g/mol. The summed E-state index contributed by atoms with van der Waals surface area (Å²) in [5.74, 6) is -1.73.